The van der Waals surface area contributed by atoms with Gasteiger partial charge in [-0.25, -0.2) is 4.98 Å². The summed E-state index contributed by atoms with van der Waals surface area (Å²) < 4.78 is 16.3. The van der Waals surface area contributed by atoms with Gasteiger partial charge in [0, 0.05) is 6.54 Å². The van der Waals surface area contributed by atoms with Gasteiger partial charge in [-0.1, -0.05) is 12.1 Å². The first-order chi connectivity index (χ1) is 13.6. The van der Waals surface area contributed by atoms with Gasteiger partial charge < -0.3 is 24.5 Å². The number of benzene rings is 2. The molecule has 0 unspecified atom stereocenters. The van der Waals surface area contributed by atoms with E-state index in [1.165, 1.54) is 6.26 Å². The van der Waals surface area contributed by atoms with Gasteiger partial charge in [-0.3, -0.25) is 9.59 Å². The standard InChI is InChI=1S/C20H19N3O5/c1-26-14-4-2-12-3-5-15(9-13(12)8-14)27-11-18-22-17(10-28-18)20(25)23-16-6-7-21-19(16)24/h2-5,8-10,16H,6-7,11H2,1H3,(H,21,24)(H,23,25)/t16-/m0/s1. The maximum Gasteiger partial charge on any atom is 0.273 e. The first-order valence-corrected chi connectivity index (χ1v) is 8.86. The van der Waals surface area contributed by atoms with Gasteiger partial charge in [0.15, 0.2) is 12.3 Å². The Labute approximate surface area is 160 Å². The van der Waals surface area contributed by atoms with Crippen LogP contribution in [0.25, 0.3) is 10.8 Å². The normalized spacial score (nSPS) is 16.0. The van der Waals surface area contributed by atoms with Crippen molar-refractivity contribution >= 4 is 22.6 Å². The van der Waals surface area contributed by atoms with E-state index in [0.717, 1.165) is 16.5 Å². The molecule has 8 heteroatoms. The van der Waals surface area contributed by atoms with Crippen LogP contribution >= 0.6 is 0 Å². The summed E-state index contributed by atoms with van der Waals surface area (Å²) in [6, 6.07) is 11.0. The molecule has 1 aromatic heterocycles. The first-order valence-electron chi connectivity index (χ1n) is 8.86. The molecule has 0 saturated carbocycles. The Bertz CT molecular complexity index is 1030. The minimum atomic E-state index is -0.529. The quantitative estimate of drug-likeness (QED) is 0.677. The van der Waals surface area contributed by atoms with Crippen LogP contribution < -0.4 is 20.1 Å². The molecule has 0 aliphatic carbocycles. The Morgan fingerprint density at radius 2 is 2.04 bits per heavy atom. The van der Waals surface area contributed by atoms with Crippen LogP contribution in [0, 0.1) is 0 Å². The molecule has 1 fully saturated rings. The zero-order chi connectivity index (χ0) is 19.5. The predicted molar refractivity (Wildman–Crippen MR) is 100 cm³/mol. The minimum absolute atomic E-state index is 0.0761. The summed E-state index contributed by atoms with van der Waals surface area (Å²) in [6.45, 7) is 0.631. The number of oxazole rings is 1. The van der Waals surface area contributed by atoms with E-state index in [4.69, 9.17) is 13.9 Å². The van der Waals surface area contributed by atoms with Crippen molar-refractivity contribution in [3.05, 3.63) is 54.2 Å². The molecule has 8 nitrogen and oxygen atoms in total. The molecule has 2 N–H and O–H groups in total. The van der Waals surface area contributed by atoms with Crippen LogP contribution in [0.3, 0.4) is 0 Å². The van der Waals surface area contributed by atoms with Gasteiger partial charge in [0.05, 0.1) is 7.11 Å². The lowest BCUT2D eigenvalue weighted by molar-refractivity contribution is -0.120. The number of aromatic nitrogens is 1. The fourth-order valence-electron chi connectivity index (χ4n) is 3.01. The highest BCUT2D eigenvalue weighted by molar-refractivity contribution is 5.96. The van der Waals surface area contributed by atoms with Gasteiger partial charge in [-0.2, -0.15) is 0 Å². The Balaban J connectivity index is 1.39. The van der Waals surface area contributed by atoms with Crippen molar-refractivity contribution in [3.8, 4) is 11.5 Å². The van der Waals surface area contributed by atoms with E-state index in [1.54, 1.807) is 7.11 Å². The largest absolute Gasteiger partial charge is 0.497 e. The number of methoxy groups -OCH3 is 1. The van der Waals surface area contributed by atoms with Crippen molar-refractivity contribution in [2.24, 2.45) is 0 Å². The Morgan fingerprint density at radius 1 is 1.25 bits per heavy atom. The molecule has 0 radical (unpaired) electrons. The average molecular weight is 381 g/mol. The SMILES string of the molecule is COc1ccc2ccc(OCc3nc(C(=O)N[C@H]4CCNC4=O)co3)cc2c1. The van der Waals surface area contributed by atoms with Gasteiger partial charge in [0.2, 0.25) is 11.8 Å². The summed E-state index contributed by atoms with van der Waals surface area (Å²) in [6.07, 6.45) is 1.82. The molecule has 1 saturated heterocycles. The van der Waals surface area contributed by atoms with Crippen molar-refractivity contribution in [2.45, 2.75) is 19.1 Å². The molecule has 2 amide bonds. The summed E-state index contributed by atoms with van der Waals surface area (Å²) in [5.74, 6) is 1.05. The van der Waals surface area contributed by atoms with Crippen molar-refractivity contribution in [1.29, 1.82) is 0 Å². The number of rotatable bonds is 6. The van der Waals surface area contributed by atoms with Crippen LogP contribution in [0.1, 0.15) is 22.8 Å². The number of amides is 2. The monoisotopic (exact) mass is 381 g/mol. The summed E-state index contributed by atoms with van der Waals surface area (Å²) in [7, 11) is 1.62. The predicted octanol–water partition coefficient (Wildman–Crippen LogP) is 2.03. The lowest BCUT2D eigenvalue weighted by Crippen LogP contribution is -2.40. The topological polar surface area (TPSA) is 103 Å². The van der Waals surface area contributed by atoms with Crippen LogP contribution in [0.15, 0.2) is 47.1 Å². The zero-order valence-corrected chi connectivity index (χ0v) is 15.2. The fourth-order valence-corrected chi connectivity index (χ4v) is 3.01. The lowest BCUT2D eigenvalue weighted by atomic mass is 10.1. The number of ether oxygens (including phenoxy) is 2. The van der Waals surface area contributed by atoms with Gasteiger partial charge in [0.1, 0.15) is 23.8 Å². The molecule has 1 aliphatic rings. The average Bonchev–Trinajstić information content (AvgIpc) is 3.35. The second-order valence-electron chi connectivity index (χ2n) is 6.40. The van der Waals surface area contributed by atoms with E-state index < -0.39 is 11.9 Å². The molecular formula is C20H19N3O5. The van der Waals surface area contributed by atoms with Crippen molar-refractivity contribution in [2.75, 3.05) is 13.7 Å². The number of fused-ring (bicyclic) bond motifs is 1. The molecule has 144 valence electrons. The van der Waals surface area contributed by atoms with Crippen molar-refractivity contribution in [3.63, 3.8) is 0 Å². The molecule has 1 atom stereocenters. The van der Waals surface area contributed by atoms with Crippen LogP contribution in [-0.2, 0) is 11.4 Å². The molecule has 2 heterocycles. The van der Waals surface area contributed by atoms with E-state index >= 15 is 0 Å². The van der Waals surface area contributed by atoms with E-state index in [9.17, 15) is 9.59 Å². The minimum Gasteiger partial charge on any atom is -0.497 e. The Morgan fingerprint density at radius 3 is 2.79 bits per heavy atom. The molecular weight excluding hydrogens is 362 g/mol. The Kier molecular flexibility index (Phi) is 4.84. The number of nitrogens with one attached hydrogen (secondary N) is 2. The number of hydrogen-bond acceptors (Lipinski definition) is 6. The number of hydrogen-bond donors (Lipinski definition) is 2. The Hall–Kier alpha value is -3.55. The van der Waals surface area contributed by atoms with E-state index in [2.05, 4.69) is 15.6 Å². The van der Waals surface area contributed by atoms with Gasteiger partial charge in [-0.15, -0.1) is 0 Å². The maximum atomic E-state index is 12.2. The number of nitrogens with zero attached hydrogens (tertiary/aromatic N) is 1. The van der Waals surface area contributed by atoms with Gasteiger partial charge in [-0.05, 0) is 41.5 Å². The zero-order valence-electron chi connectivity index (χ0n) is 15.2. The summed E-state index contributed by atoms with van der Waals surface area (Å²) in [5, 5.41) is 7.36. The van der Waals surface area contributed by atoms with Crippen LogP contribution in [-0.4, -0.2) is 36.5 Å². The van der Waals surface area contributed by atoms with Gasteiger partial charge in [0.25, 0.3) is 5.91 Å². The third kappa shape index (κ3) is 3.75. The van der Waals surface area contributed by atoms with E-state index in [0.29, 0.717) is 18.7 Å². The molecule has 28 heavy (non-hydrogen) atoms. The molecule has 2 aromatic carbocycles. The highest BCUT2D eigenvalue weighted by Gasteiger charge is 2.27. The third-order valence-electron chi connectivity index (χ3n) is 4.52. The third-order valence-corrected chi connectivity index (χ3v) is 4.52. The number of carbonyl (C=O) groups is 2. The molecule has 4 rings (SSSR count). The number of carbonyl (C=O) groups excluding carboxylic acids is 2. The lowest BCUT2D eigenvalue weighted by Gasteiger charge is -2.07. The maximum absolute atomic E-state index is 12.2. The molecule has 0 spiro atoms. The highest BCUT2D eigenvalue weighted by Crippen LogP contribution is 2.25. The van der Waals surface area contributed by atoms with E-state index in [1.807, 2.05) is 36.4 Å². The van der Waals surface area contributed by atoms with Crippen molar-refractivity contribution in [1.82, 2.24) is 15.6 Å². The van der Waals surface area contributed by atoms with Crippen molar-refractivity contribution < 1.29 is 23.5 Å². The molecule has 0 bridgehead atoms. The second kappa shape index (κ2) is 7.59. The van der Waals surface area contributed by atoms with Crippen LogP contribution in [0.4, 0.5) is 0 Å². The summed E-state index contributed by atoms with van der Waals surface area (Å²) in [4.78, 5) is 27.8. The smallest absolute Gasteiger partial charge is 0.273 e. The fraction of sp³-hybridized carbons (Fsp3) is 0.250. The summed E-state index contributed by atoms with van der Waals surface area (Å²) >= 11 is 0. The van der Waals surface area contributed by atoms with E-state index in [-0.39, 0.29) is 24.1 Å². The second-order valence-corrected chi connectivity index (χ2v) is 6.40. The summed E-state index contributed by atoms with van der Waals surface area (Å²) in [5.41, 5.74) is 0.113. The van der Waals surface area contributed by atoms with Crippen LogP contribution in [0.2, 0.25) is 0 Å². The molecule has 3 aromatic rings. The first kappa shape index (κ1) is 17.8. The highest BCUT2D eigenvalue weighted by atomic mass is 16.5. The molecule has 1 aliphatic heterocycles. The van der Waals surface area contributed by atoms with Crippen LogP contribution in [0.5, 0.6) is 11.5 Å². The van der Waals surface area contributed by atoms with Gasteiger partial charge >= 0.3 is 0 Å².